The number of nitrogens with zero attached hydrogens (tertiary/aromatic N) is 3. The topological polar surface area (TPSA) is 113 Å². The molecule has 3 rings (SSSR count). The van der Waals surface area contributed by atoms with Gasteiger partial charge in [0.05, 0.1) is 25.9 Å². The molecule has 2 amide bonds. The van der Waals surface area contributed by atoms with E-state index in [1.165, 1.54) is 22.8 Å². The fourth-order valence-corrected chi connectivity index (χ4v) is 3.53. The summed E-state index contributed by atoms with van der Waals surface area (Å²) in [7, 11) is 1.50. The standard InChI is InChI=1S/C23H28F2N4O6/c1-14(2)35-9-6-27-13-28(7-8-34-3)29-12-17(20(30)21(31)19(29)23(27)33)22(32)26-11-15-4-5-16(24)10-18(15)25/h4-5,10,12,14,31H,6-9,11,13H2,1-3H3,(H,26,32). The lowest BCUT2D eigenvalue weighted by atomic mass is 10.1. The first-order valence-electron chi connectivity index (χ1n) is 11.0. The molecule has 190 valence electrons. The normalized spacial score (nSPS) is 13.4. The molecular weight excluding hydrogens is 466 g/mol. The van der Waals surface area contributed by atoms with Gasteiger partial charge in [-0.25, -0.2) is 8.78 Å². The van der Waals surface area contributed by atoms with Crippen molar-refractivity contribution in [2.75, 3.05) is 45.1 Å². The van der Waals surface area contributed by atoms with E-state index >= 15 is 0 Å². The van der Waals surface area contributed by atoms with Crippen LogP contribution in [0, 0.1) is 11.6 Å². The van der Waals surface area contributed by atoms with Crippen LogP contribution in [0.2, 0.25) is 0 Å². The molecule has 0 atom stereocenters. The quantitative estimate of drug-likeness (QED) is 0.510. The van der Waals surface area contributed by atoms with Crippen LogP contribution in [0.15, 0.2) is 29.2 Å². The summed E-state index contributed by atoms with van der Waals surface area (Å²) in [5.74, 6) is -3.99. The molecular formula is C23H28F2N4O6. The van der Waals surface area contributed by atoms with E-state index in [2.05, 4.69) is 5.32 Å². The highest BCUT2D eigenvalue weighted by Crippen LogP contribution is 2.21. The maximum absolute atomic E-state index is 13.9. The van der Waals surface area contributed by atoms with Crippen molar-refractivity contribution >= 4 is 11.8 Å². The van der Waals surface area contributed by atoms with Crippen LogP contribution in [0.25, 0.3) is 0 Å². The van der Waals surface area contributed by atoms with Gasteiger partial charge in [0, 0.05) is 38.0 Å². The van der Waals surface area contributed by atoms with Crippen molar-refractivity contribution in [2.45, 2.75) is 26.5 Å². The Kier molecular flexibility index (Phi) is 8.41. The highest BCUT2D eigenvalue weighted by molar-refractivity contribution is 5.99. The maximum Gasteiger partial charge on any atom is 0.277 e. The zero-order valence-corrected chi connectivity index (χ0v) is 19.7. The third kappa shape index (κ3) is 5.95. The van der Waals surface area contributed by atoms with Crippen LogP contribution >= 0.6 is 0 Å². The summed E-state index contributed by atoms with van der Waals surface area (Å²) >= 11 is 0. The number of aromatic nitrogens is 1. The van der Waals surface area contributed by atoms with Crippen LogP contribution in [0.1, 0.15) is 40.3 Å². The largest absolute Gasteiger partial charge is 0.502 e. The molecule has 10 nitrogen and oxygen atoms in total. The van der Waals surface area contributed by atoms with Crippen LogP contribution < -0.4 is 15.8 Å². The molecule has 2 N–H and O–H groups in total. The Balaban J connectivity index is 1.90. The van der Waals surface area contributed by atoms with Crippen molar-refractivity contribution < 1.29 is 33.0 Å². The molecule has 2 heterocycles. The molecule has 1 aliphatic rings. The van der Waals surface area contributed by atoms with E-state index in [1.807, 2.05) is 13.8 Å². The van der Waals surface area contributed by atoms with E-state index in [9.17, 15) is 28.3 Å². The van der Waals surface area contributed by atoms with E-state index in [-0.39, 0.29) is 56.9 Å². The second-order valence-electron chi connectivity index (χ2n) is 8.18. The molecule has 0 fully saturated rings. The monoisotopic (exact) mass is 494 g/mol. The van der Waals surface area contributed by atoms with Crippen LogP contribution in [0.4, 0.5) is 8.78 Å². The Bertz CT molecular complexity index is 1150. The summed E-state index contributed by atoms with van der Waals surface area (Å²) in [6.07, 6.45) is 1.12. The number of pyridine rings is 1. The number of hydrogen-bond donors (Lipinski definition) is 2. The molecule has 0 unspecified atom stereocenters. The summed E-state index contributed by atoms with van der Waals surface area (Å²) in [5.41, 5.74) is -1.77. The van der Waals surface area contributed by atoms with E-state index in [4.69, 9.17) is 9.47 Å². The first-order chi connectivity index (χ1) is 16.6. The van der Waals surface area contributed by atoms with E-state index < -0.39 is 40.2 Å². The summed E-state index contributed by atoms with van der Waals surface area (Å²) in [5, 5.41) is 14.6. The Morgan fingerprint density at radius 3 is 2.60 bits per heavy atom. The van der Waals surface area contributed by atoms with Gasteiger partial charge >= 0.3 is 0 Å². The Hall–Kier alpha value is -3.51. The minimum absolute atomic E-state index is 0.0122. The maximum atomic E-state index is 13.9. The molecule has 35 heavy (non-hydrogen) atoms. The highest BCUT2D eigenvalue weighted by Gasteiger charge is 2.34. The van der Waals surface area contributed by atoms with Gasteiger partial charge in [-0.1, -0.05) is 6.07 Å². The van der Waals surface area contributed by atoms with E-state index in [0.717, 1.165) is 12.3 Å². The van der Waals surface area contributed by atoms with Gasteiger partial charge in [0.25, 0.3) is 11.8 Å². The highest BCUT2D eigenvalue weighted by atomic mass is 19.1. The summed E-state index contributed by atoms with van der Waals surface area (Å²) in [6.45, 7) is 4.53. The smallest absolute Gasteiger partial charge is 0.277 e. The van der Waals surface area contributed by atoms with Crippen molar-refractivity contribution in [1.82, 2.24) is 14.9 Å². The number of amides is 2. The van der Waals surface area contributed by atoms with Crippen LogP contribution in [0.3, 0.4) is 0 Å². The van der Waals surface area contributed by atoms with E-state index in [0.29, 0.717) is 6.07 Å². The first-order valence-corrected chi connectivity index (χ1v) is 11.0. The molecule has 1 aromatic carbocycles. The SMILES string of the molecule is COCCN1CN(CCOC(C)C)C(=O)c2c(O)c(=O)c(C(=O)NCc3ccc(F)cc3F)cn21. The van der Waals surface area contributed by atoms with Crippen LogP contribution in [-0.4, -0.2) is 72.7 Å². The molecule has 12 heteroatoms. The van der Waals surface area contributed by atoms with Gasteiger partial charge in [0.1, 0.15) is 23.9 Å². The van der Waals surface area contributed by atoms with Crippen molar-refractivity contribution in [3.63, 3.8) is 0 Å². The van der Waals surface area contributed by atoms with Gasteiger partial charge in [-0.05, 0) is 19.9 Å². The summed E-state index contributed by atoms with van der Waals surface area (Å²) in [4.78, 5) is 40.0. The third-order valence-corrected chi connectivity index (χ3v) is 5.36. The average Bonchev–Trinajstić information content (AvgIpc) is 2.80. The molecule has 0 aliphatic carbocycles. The van der Waals surface area contributed by atoms with Gasteiger partial charge in [-0.3, -0.25) is 24.1 Å². The van der Waals surface area contributed by atoms with Crippen LogP contribution in [0.5, 0.6) is 5.75 Å². The van der Waals surface area contributed by atoms with Crippen LogP contribution in [-0.2, 0) is 16.0 Å². The second-order valence-corrected chi connectivity index (χ2v) is 8.18. The Morgan fingerprint density at radius 1 is 1.20 bits per heavy atom. The number of hydrogen-bond acceptors (Lipinski definition) is 7. The fourth-order valence-electron chi connectivity index (χ4n) is 3.53. The lowest BCUT2D eigenvalue weighted by Crippen LogP contribution is -2.56. The summed E-state index contributed by atoms with van der Waals surface area (Å²) in [6, 6.07) is 2.89. The molecule has 0 saturated heterocycles. The van der Waals surface area contributed by atoms with Gasteiger partial charge < -0.3 is 24.8 Å². The number of ether oxygens (including phenoxy) is 2. The van der Waals surface area contributed by atoms with Gasteiger partial charge in [0.15, 0.2) is 11.4 Å². The molecule has 2 aromatic rings. The number of carbonyl (C=O) groups is 2. The molecule has 0 spiro atoms. The number of nitrogens with one attached hydrogen (secondary N) is 1. The average molecular weight is 494 g/mol. The zero-order chi connectivity index (χ0) is 25.7. The predicted octanol–water partition coefficient (Wildman–Crippen LogP) is 1.18. The number of rotatable bonds is 10. The lowest BCUT2D eigenvalue weighted by molar-refractivity contribution is 0.0422. The molecule has 0 saturated carbocycles. The van der Waals surface area contributed by atoms with Gasteiger partial charge in [-0.2, -0.15) is 0 Å². The number of halogens is 2. The number of aromatic hydroxyl groups is 1. The molecule has 0 radical (unpaired) electrons. The fraction of sp³-hybridized carbons (Fsp3) is 0.435. The first kappa shape index (κ1) is 26.1. The minimum Gasteiger partial charge on any atom is -0.502 e. The Morgan fingerprint density at radius 2 is 1.94 bits per heavy atom. The number of carbonyl (C=O) groups excluding carboxylic acids is 2. The zero-order valence-electron chi connectivity index (χ0n) is 19.7. The number of fused-ring (bicyclic) bond motifs is 1. The number of methoxy groups -OCH3 is 1. The summed E-state index contributed by atoms with van der Waals surface area (Å²) < 4.78 is 38.9. The minimum atomic E-state index is -1.05. The molecule has 1 aromatic heterocycles. The van der Waals surface area contributed by atoms with Crippen molar-refractivity contribution in [3.8, 4) is 5.75 Å². The van der Waals surface area contributed by atoms with E-state index in [1.54, 1.807) is 5.01 Å². The Labute approximate surface area is 200 Å². The number of benzene rings is 1. The van der Waals surface area contributed by atoms with Gasteiger partial charge in [0.2, 0.25) is 5.43 Å². The molecule has 1 aliphatic heterocycles. The second kappa shape index (κ2) is 11.3. The van der Waals surface area contributed by atoms with Gasteiger partial charge in [-0.15, -0.1) is 0 Å². The lowest BCUT2D eigenvalue weighted by Gasteiger charge is -2.39. The van der Waals surface area contributed by atoms with Crippen molar-refractivity contribution in [2.24, 2.45) is 0 Å². The van der Waals surface area contributed by atoms with Crippen molar-refractivity contribution in [1.29, 1.82) is 0 Å². The third-order valence-electron chi connectivity index (χ3n) is 5.36. The van der Waals surface area contributed by atoms with Crippen molar-refractivity contribution in [3.05, 3.63) is 63.1 Å². The molecule has 0 bridgehead atoms. The predicted molar refractivity (Wildman–Crippen MR) is 122 cm³/mol.